The lowest BCUT2D eigenvalue weighted by Crippen LogP contribution is -2.54. The van der Waals surface area contributed by atoms with E-state index in [2.05, 4.69) is 22.5 Å². The second kappa shape index (κ2) is 9.04. The van der Waals surface area contributed by atoms with Gasteiger partial charge >= 0.3 is 0 Å². The fourth-order valence-electron chi connectivity index (χ4n) is 4.39. The zero-order valence-electron chi connectivity index (χ0n) is 14.8. The van der Waals surface area contributed by atoms with E-state index < -0.39 is 0 Å². The van der Waals surface area contributed by atoms with E-state index >= 15 is 0 Å². The summed E-state index contributed by atoms with van der Waals surface area (Å²) < 4.78 is 0. The van der Waals surface area contributed by atoms with Crippen molar-refractivity contribution < 1.29 is 9.59 Å². The third-order valence-electron chi connectivity index (χ3n) is 5.93. The smallest absolute Gasteiger partial charge is 0.226 e. The Balaban J connectivity index is 0.00000208. The van der Waals surface area contributed by atoms with E-state index in [0.29, 0.717) is 11.9 Å². The molecule has 0 radical (unpaired) electrons. The lowest BCUT2D eigenvalue weighted by molar-refractivity contribution is -0.139. The average Bonchev–Trinajstić information content (AvgIpc) is 3.10. The van der Waals surface area contributed by atoms with Gasteiger partial charge in [-0.3, -0.25) is 9.59 Å². The lowest BCUT2D eigenvalue weighted by atomic mass is 9.84. The zero-order valence-corrected chi connectivity index (χ0v) is 15.6. The predicted molar refractivity (Wildman–Crippen MR) is 97.1 cm³/mol. The molecule has 2 saturated carbocycles. The van der Waals surface area contributed by atoms with Crippen LogP contribution in [0.5, 0.6) is 0 Å². The Morgan fingerprint density at radius 2 is 1.67 bits per heavy atom. The number of piperazine rings is 1. The highest BCUT2D eigenvalue weighted by Gasteiger charge is 2.33. The molecule has 0 unspecified atom stereocenters. The maximum Gasteiger partial charge on any atom is 0.226 e. The van der Waals surface area contributed by atoms with E-state index in [1.807, 2.05) is 0 Å². The summed E-state index contributed by atoms with van der Waals surface area (Å²) in [5, 5.41) is 6.57. The zero-order chi connectivity index (χ0) is 16.2. The molecule has 3 aliphatic rings. The second-order valence-electron chi connectivity index (χ2n) is 7.62. The summed E-state index contributed by atoms with van der Waals surface area (Å²) in [7, 11) is 0. The van der Waals surface area contributed by atoms with E-state index in [-0.39, 0.29) is 36.2 Å². The van der Waals surface area contributed by atoms with Crippen LogP contribution >= 0.6 is 12.4 Å². The van der Waals surface area contributed by atoms with Crippen molar-refractivity contribution in [3.05, 3.63) is 0 Å². The molecule has 1 atom stereocenters. The maximum atomic E-state index is 12.7. The Labute approximate surface area is 151 Å². The molecule has 1 saturated heterocycles. The normalized spacial score (nSPS) is 31.4. The molecular weight excluding hydrogens is 326 g/mol. The molecule has 24 heavy (non-hydrogen) atoms. The van der Waals surface area contributed by atoms with Crippen molar-refractivity contribution in [1.29, 1.82) is 0 Å². The van der Waals surface area contributed by atoms with Crippen LogP contribution in [-0.2, 0) is 9.59 Å². The maximum absolute atomic E-state index is 12.7. The van der Waals surface area contributed by atoms with E-state index in [0.717, 1.165) is 58.2 Å². The third-order valence-corrected chi connectivity index (χ3v) is 5.93. The summed E-state index contributed by atoms with van der Waals surface area (Å²) >= 11 is 0. The van der Waals surface area contributed by atoms with Crippen LogP contribution in [0.4, 0.5) is 0 Å². The molecule has 3 fully saturated rings. The first kappa shape index (κ1) is 19.5. The van der Waals surface area contributed by atoms with Gasteiger partial charge in [0, 0.05) is 43.6 Å². The SMILES string of the molecule is C[C@@H]1CNCCN1C(=O)C1CCC(NC(=O)C2CCCC2)CC1.Cl. The second-order valence-corrected chi connectivity index (χ2v) is 7.62. The number of nitrogens with zero attached hydrogens (tertiary/aromatic N) is 1. The molecule has 1 aliphatic heterocycles. The number of nitrogens with one attached hydrogen (secondary N) is 2. The number of hydrogen-bond acceptors (Lipinski definition) is 3. The van der Waals surface area contributed by atoms with Crippen molar-refractivity contribution in [1.82, 2.24) is 15.5 Å². The highest BCUT2D eigenvalue weighted by Crippen LogP contribution is 2.29. The summed E-state index contributed by atoms with van der Waals surface area (Å²) in [6.45, 7) is 4.76. The van der Waals surface area contributed by atoms with Gasteiger partial charge < -0.3 is 15.5 Å². The van der Waals surface area contributed by atoms with E-state index in [4.69, 9.17) is 0 Å². The first-order valence-electron chi connectivity index (χ1n) is 9.46. The van der Waals surface area contributed by atoms with Gasteiger partial charge in [-0.2, -0.15) is 0 Å². The van der Waals surface area contributed by atoms with Crippen LogP contribution < -0.4 is 10.6 Å². The quantitative estimate of drug-likeness (QED) is 0.813. The molecule has 2 amide bonds. The predicted octanol–water partition coefficient (Wildman–Crippen LogP) is 2.09. The molecule has 6 heteroatoms. The highest BCUT2D eigenvalue weighted by molar-refractivity contribution is 5.85. The van der Waals surface area contributed by atoms with Crippen molar-refractivity contribution in [2.24, 2.45) is 11.8 Å². The van der Waals surface area contributed by atoms with E-state index in [1.165, 1.54) is 12.8 Å². The average molecular weight is 358 g/mol. The first-order chi connectivity index (χ1) is 11.1. The van der Waals surface area contributed by atoms with Gasteiger partial charge in [0.05, 0.1) is 0 Å². The van der Waals surface area contributed by atoms with Crippen LogP contribution in [0.1, 0.15) is 58.3 Å². The van der Waals surface area contributed by atoms with Crippen LogP contribution in [0.2, 0.25) is 0 Å². The number of carbonyl (C=O) groups excluding carboxylic acids is 2. The van der Waals surface area contributed by atoms with E-state index in [1.54, 1.807) is 0 Å². The van der Waals surface area contributed by atoms with Crippen LogP contribution in [-0.4, -0.2) is 48.4 Å². The number of halogens is 1. The molecule has 0 aromatic carbocycles. The monoisotopic (exact) mass is 357 g/mol. The largest absolute Gasteiger partial charge is 0.353 e. The summed E-state index contributed by atoms with van der Waals surface area (Å²) in [6, 6.07) is 0.587. The van der Waals surface area contributed by atoms with Gasteiger partial charge in [-0.05, 0) is 45.4 Å². The fourth-order valence-corrected chi connectivity index (χ4v) is 4.39. The van der Waals surface area contributed by atoms with Crippen molar-refractivity contribution >= 4 is 24.2 Å². The van der Waals surface area contributed by atoms with Gasteiger partial charge in [-0.15, -0.1) is 12.4 Å². The van der Waals surface area contributed by atoms with Crippen molar-refractivity contribution in [3.8, 4) is 0 Å². The molecule has 2 N–H and O–H groups in total. The van der Waals surface area contributed by atoms with Gasteiger partial charge in [0.1, 0.15) is 0 Å². The Morgan fingerprint density at radius 1 is 1.00 bits per heavy atom. The van der Waals surface area contributed by atoms with Crippen LogP contribution in [0.15, 0.2) is 0 Å². The Hall–Kier alpha value is -0.810. The number of amides is 2. The summed E-state index contributed by atoms with van der Waals surface area (Å²) in [6.07, 6.45) is 8.26. The molecule has 0 aromatic rings. The van der Waals surface area contributed by atoms with Gasteiger partial charge in [0.15, 0.2) is 0 Å². The molecule has 5 nitrogen and oxygen atoms in total. The van der Waals surface area contributed by atoms with Gasteiger partial charge in [-0.25, -0.2) is 0 Å². The molecule has 0 aromatic heterocycles. The van der Waals surface area contributed by atoms with E-state index in [9.17, 15) is 9.59 Å². The molecule has 2 aliphatic carbocycles. The highest BCUT2D eigenvalue weighted by atomic mass is 35.5. The molecule has 0 bridgehead atoms. The Morgan fingerprint density at radius 3 is 2.29 bits per heavy atom. The third kappa shape index (κ3) is 4.63. The minimum absolute atomic E-state index is 0. The molecule has 1 heterocycles. The first-order valence-corrected chi connectivity index (χ1v) is 9.46. The minimum atomic E-state index is 0. The summed E-state index contributed by atoms with van der Waals surface area (Å²) in [4.78, 5) is 27.0. The minimum Gasteiger partial charge on any atom is -0.353 e. The topological polar surface area (TPSA) is 61.4 Å². The van der Waals surface area contributed by atoms with Crippen molar-refractivity contribution in [3.63, 3.8) is 0 Å². The lowest BCUT2D eigenvalue weighted by Gasteiger charge is -2.38. The van der Waals surface area contributed by atoms with Crippen molar-refractivity contribution in [2.75, 3.05) is 19.6 Å². The molecule has 3 rings (SSSR count). The summed E-state index contributed by atoms with van der Waals surface area (Å²) in [5.74, 6) is 0.999. The fraction of sp³-hybridized carbons (Fsp3) is 0.889. The molecule has 138 valence electrons. The standard InChI is InChI=1S/C18H31N3O2.ClH/c1-13-12-19-10-11-21(13)18(23)15-6-8-16(9-7-15)20-17(22)14-4-2-3-5-14;/h13-16,19H,2-12H2,1H3,(H,20,22);1H/t13-,15?,16?;/m1./s1. The van der Waals surface area contributed by atoms with Crippen molar-refractivity contribution in [2.45, 2.75) is 70.4 Å². The van der Waals surface area contributed by atoms with Gasteiger partial charge in [-0.1, -0.05) is 12.8 Å². The van der Waals surface area contributed by atoms with Crippen LogP contribution in [0, 0.1) is 11.8 Å². The number of rotatable bonds is 3. The number of carbonyl (C=O) groups is 2. The van der Waals surface area contributed by atoms with Gasteiger partial charge in [0.2, 0.25) is 11.8 Å². The molecule has 0 spiro atoms. The Kier molecular flexibility index (Phi) is 7.35. The summed E-state index contributed by atoms with van der Waals surface area (Å²) in [5.41, 5.74) is 0. The number of hydrogen-bond donors (Lipinski definition) is 2. The molecular formula is C18H32ClN3O2. The van der Waals surface area contributed by atoms with Crippen LogP contribution in [0.3, 0.4) is 0 Å². The van der Waals surface area contributed by atoms with Crippen LogP contribution in [0.25, 0.3) is 0 Å². The van der Waals surface area contributed by atoms with Gasteiger partial charge in [0.25, 0.3) is 0 Å². The Bertz CT molecular complexity index is 432.